The Labute approximate surface area is 129 Å². The standard InChI is InChI=1S/C14H18N4O2.ClH/c1-2-12-17-14(20-18-12)11-5-3-10(4-6-11)7-8-16-13(19)9-15;/h3-6H,2,7-9,15H2,1H3,(H,16,19);1H. The Balaban J connectivity index is 0.00000220. The first-order valence-electron chi connectivity index (χ1n) is 6.61. The van der Waals surface area contributed by atoms with Crippen molar-refractivity contribution in [2.75, 3.05) is 13.1 Å². The number of benzene rings is 1. The molecule has 0 bridgehead atoms. The molecule has 2 rings (SSSR count). The van der Waals surface area contributed by atoms with Crippen LogP contribution in [-0.2, 0) is 17.6 Å². The van der Waals surface area contributed by atoms with Gasteiger partial charge in [-0.1, -0.05) is 24.2 Å². The van der Waals surface area contributed by atoms with Gasteiger partial charge in [-0.3, -0.25) is 4.79 Å². The maximum atomic E-state index is 11.0. The number of aryl methyl sites for hydroxylation is 1. The summed E-state index contributed by atoms with van der Waals surface area (Å²) in [6, 6.07) is 7.85. The molecule has 0 spiro atoms. The first kappa shape index (κ1) is 17.1. The number of nitrogens with zero attached hydrogens (tertiary/aromatic N) is 2. The van der Waals surface area contributed by atoms with E-state index < -0.39 is 0 Å². The van der Waals surface area contributed by atoms with Crippen LogP contribution < -0.4 is 11.1 Å². The van der Waals surface area contributed by atoms with E-state index in [9.17, 15) is 4.79 Å². The number of carbonyl (C=O) groups is 1. The summed E-state index contributed by atoms with van der Waals surface area (Å²) in [6.07, 6.45) is 1.51. The molecule has 0 atom stereocenters. The summed E-state index contributed by atoms with van der Waals surface area (Å²) in [6.45, 7) is 2.58. The summed E-state index contributed by atoms with van der Waals surface area (Å²) in [5, 5.41) is 6.60. The second kappa shape index (κ2) is 8.39. The van der Waals surface area contributed by atoms with Gasteiger partial charge in [0.05, 0.1) is 6.54 Å². The minimum absolute atomic E-state index is 0. The minimum Gasteiger partial charge on any atom is -0.355 e. The molecule has 0 aliphatic carbocycles. The van der Waals surface area contributed by atoms with Gasteiger partial charge in [0.25, 0.3) is 5.89 Å². The average molecular weight is 311 g/mol. The predicted octanol–water partition coefficient (Wildman–Crippen LogP) is 1.34. The Morgan fingerprint density at radius 2 is 2.05 bits per heavy atom. The third-order valence-corrected chi connectivity index (χ3v) is 2.91. The Morgan fingerprint density at radius 1 is 1.33 bits per heavy atom. The maximum Gasteiger partial charge on any atom is 0.257 e. The number of amides is 1. The SMILES string of the molecule is CCc1noc(-c2ccc(CCNC(=O)CN)cc2)n1.Cl. The monoisotopic (exact) mass is 310 g/mol. The molecule has 0 radical (unpaired) electrons. The quantitative estimate of drug-likeness (QED) is 0.839. The summed E-state index contributed by atoms with van der Waals surface area (Å²) in [7, 11) is 0. The highest BCUT2D eigenvalue weighted by atomic mass is 35.5. The van der Waals surface area contributed by atoms with Crippen LogP contribution >= 0.6 is 12.4 Å². The molecule has 0 fully saturated rings. The number of rotatable bonds is 6. The van der Waals surface area contributed by atoms with E-state index in [-0.39, 0.29) is 24.9 Å². The molecule has 2 aromatic rings. The molecule has 1 aromatic heterocycles. The lowest BCUT2D eigenvalue weighted by atomic mass is 10.1. The van der Waals surface area contributed by atoms with Crippen LogP contribution in [0.15, 0.2) is 28.8 Å². The number of halogens is 1. The second-order valence-electron chi connectivity index (χ2n) is 4.37. The zero-order valence-electron chi connectivity index (χ0n) is 11.8. The van der Waals surface area contributed by atoms with Crippen LogP contribution in [-0.4, -0.2) is 29.1 Å². The molecule has 1 heterocycles. The second-order valence-corrected chi connectivity index (χ2v) is 4.37. The minimum atomic E-state index is -0.139. The molecular formula is C14H19ClN4O2. The highest BCUT2D eigenvalue weighted by Gasteiger charge is 2.07. The molecule has 0 unspecified atom stereocenters. The average Bonchev–Trinajstić information content (AvgIpc) is 2.96. The first-order chi connectivity index (χ1) is 9.72. The van der Waals surface area contributed by atoms with Crippen molar-refractivity contribution in [3.63, 3.8) is 0 Å². The molecule has 7 heteroatoms. The number of hydrogen-bond donors (Lipinski definition) is 2. The topological polar surface area (TPSA) is 94.0 Å². The Hall–Kier alpha value is -1.92. The van der Waals surface area contributed by atoms with Gasteiger partial charge in [0.2, 0.25) is 5.91 Å². The van der Waals surface area contributed by atoms with E-state index in [1.165, 1.54) is 0 Å². The number of hydrogen-bond acceptors (Lipinski definition) is 5. The van der Waals surface area contributed by atoms with Gasteiger partial charge >= 0.3 is 0 Å². The van der Waals surface area contributed by atoms with E-state index in [4.69, 9.17) is 10.3 Å². The number of nitrogens with one attached hydrogen (secondary N) is 1. The third-order valence-electron chi connectivity index (χ3n) is 2.91. The zero-order valence-corrected chi connectivity index (χ0v) is 12.7. The molecule has 1 amide bonds. The molecule has 6 nitrogen and oxygen atoms in total. The molecule has 0 saturated heterocycles. The summed E-state index contributed by atoms with van der Waals surface area (Å²) < 4.78 is 5.18. The normalized spacial score (nSPS) is 10.0. The molecule has 0 aliphatic heterocycles. The van der Waals surface area contributed by atoms with Gasteiger partial charge in [-0.2, -0.15) is 4.98 Å². The van der Waals surface area contributed by atoms with Gasteiger partial charge < -0.3 is 15.6 Å². The van der Waals surface area contributed by atoms with Crippen molar-refractivity contribution < 1.29 is 9.32 Å². The fourth-order valence-corrected chi connectivity index (χ4v) is 1.75. The molecule has 0 saturated carbocycles. The van der Waals surface area contributed by atoms with Crippen LogP contribution in [0.3, 0.4) is 0 Å². The summed E-state index contributed by atoms with van der Waals surface area (Å²) in [4.78, 5) is 15.3. The van der Waals surface area contributed by atoms with Gasteiger partial charge in [-0.25, -0.2) is 0 Å². The highest BCUT2D eigenvalue weighted by Crippen LogP contribution is 2.18. The molecular weight excluding hydrogens is 292 g/mol. The van der Waals surface area contributed by atoms with Crippen molar-refractivity contribution in [2.24, 2.45) is 5.73 Å². The number of aromatic nitrogens is 2. The van der Waals surface area contributed by atoms with E-state index in [1.807, 2.05) is 31.2 Å². The van der Waals surface area contributed by atoms with E-state index in [0.29, 0.717) is 18.3 Å². The van der Waals surface area contributed by atoms with Crippen LogP contribution in [0, 0.1) is 0 Å². The number of carbonyl (C=O) groups excluding carboxylic acids is 1. The molecule has 114 valence electrons. The third kappa shape index (κ3) is 4.84. The van der Waals surface area contributed by atoms with Crippen molar-refractivity contribution in [1.29, 1.82) is 0 Å². The van der Waals surface area contributed by atoms with Crippen LogP contribution in [0.4, 0.5) is 0 Å². The lowest BCUT2D eigenvalue weighted by Gasteiger charge is -2.04. The van der Waals surface area contributed by atoms with Crippen molar-refractivity contribution in [3.8, 4) is 11.5 Å². The number of nitrogens with two attached hydrogens (primary N) is 1. The molecule has 3 N–H and O–H groups in total. The highest BCUT2D eigenvalue weighted by molar-refractivity contribution is 5.85. The Morgan fingerprint density at radius 3 is 2.62 bits per heavy atom. The van der Waals surface area contributed by atoms with Gasteiger partial charge in [-0.05, 0) is 24.1 Å². The van der Waals surface area contributed by atoms with Crippen LogP contribution in [0.5, 0.6) is 0 Å². The lowest BCUT2D eigenvalue weighted by molar-refractivity contribution is -0.119. The lowest BCUT2D eigenvalue weighted by Crippen LogP contribution is -2.31. The van der Waals surface area contributed by atoms with E-state index in [1.54, 1.807) is 0 Å². The largest absolute Gasteiger partial charge is 0.355 e. The predicted molar refractivity (Wildman–Crippen MR) is 82.1 cm³/mol. The molecule has 0 aliphatic rings. The van der Waals surface area contributed by atoms with Gasteiger partial charge in [0, 0.05) is 18.5 Å². The van der Waals surface area contributed by atoms with Gasteiger partial charge in [-0.15, -0.1) is 12.4 Å². The van der Waals surface area contributed by atoms with Crippen LogP contribution in [0.1, 0.15) is 18.3 Å². The zero-order chi connectivity index (χ0) is 14.4. The van der Waals surface area contributed by atoms with Crippen molar-refractivity contribution in [2.45, 2.75) is 19.8 Å². The van der Waals surface area contributed by atoms with Gasteiger partial charge in [0.15, 0.2) is 5.82 Å². The summed E-state index contributed by atoms with van der Waals surface area (Å²) >= 11 is 0. The summed E-state index contributed by atoms with van der Waals surface area (Å²) in [5.41, 5.74) is 7.24. The van der Waals surface area contributed by atoms with Gasteiger partial charge in [0.1, 0.15) is 0 Å². The Kier molecular flexibility index (Phi) is 6.84. The fourth-order valence-electron chi connectivity index (χ4n) is 1.75. The van der Waals surface area contributed by atoms with Crippen LogP contribution in [0.25, 0.3) is 11.5 Å². The Bertz CT molecular complexity index is 569. The fraction of sp³-hybridized carbons (Fsp3) is 0.357. The maximum absolute atomic E-state index is 11.0. The molecule has 1 aromatic carbocycles. The van der Waals surface area contributed by atoms with E-state index in [2.05, 4.69) is 15.5 Å². The van der Waals surface area contributed by atoms with Crippen molar-refractivity contribution in [3.05, 3.63) is 35.7 Å². The van der Waals surface area contributed by atoms with E-state index in [0.717, 1.165) is 24.0 Å². The summed E-state index contributed by atoms with van der Waals surface area (Å²) in [5.74, 6) is 1.10. The van der Waals surface area contributed by atoms with Crippen LogP contribution in [0.2, 0.25) is 0 Å². The van der Waals surface area contributed by atoms with E-state index >= 15 is 0 Å². The first-order valence-corrected chi connectivity index (χ1v) is 6.61. The van der Waals surface area contributed by atoms with Crippen molar-refractivity contribution in [1.82, 2.24) is 15.5 Å². The van der Waals surface area contributed by atoms with Crippen molar-refractivity contribution >= 4 is 18.3 Å². The molecule has 21 heavy (non-hydrogen) atoms. The smallest absolute Gasteiger partial charge is 0.257 e.